The maximum atomic E-state index is 12.6. The number of Topliss-reactive ketones (excluding diaryl/α,β-unsaturated/α-hetero) is 1. The van der Waals surface area contributed by atoms with Crippen molar-refractivity contribution in [1.82, 2.24) is 0 Å². The number of carbonyl (C=O) groups excluding carboxylic acids is 1. The van der Waals surface area contributed by atoms with Crippen molar-refractivity contribution in [2.24, 2.45) is 46.8 Å². The first-order valence-electron chi connectivity index (χ1n) is 11.1. The lowest BCUT2D eigenvalue weighted by molar-refractivity contribution is -0.136. The standard InChI is InChI=1S/C23H37BrO2/c1-4-14-11-22(2,26)12-15-5-6-16-17(21(14)15)9-10-23(3)18(16)7-8-19(23)20(25)13-24/h14-19,21,26H,4-13H2,1-3H3/t14-,15-,16-,17+,18+,19-,21?,22-,23+/m1/s1. The molecule has 0 heterocycles. The molecule has 0 radical (unpaired) electrons. The zero-order valence-corrected chi connectivity index (χ0v) is 18.4. The Kier molecular flexibility index (Phi) is 5.13. The first-order valence-corrected chi connectivity index (χ1v) is 12.2. The molecule has 0 amide bonds. The molecule has 3 heteroatoms. The number of rotatable bonds is 3. The maximum absolute atomic E-state index is 12.6. The lowest BCUT2D eigenvalue weighted by atomic mass is 9.47. The molecular weight excluding hydrogens is 388 g/mol. The summed E-state index contributed by atoms with van der Waals surface area (Å²) in [5.41, 5.74) is -0.195. The third-order valence-corrected chi connectivity index (χ3v) is 9.95. The number of halogens is 1. The molecule has 0 bridgehead atoms. The molecule has 4 rings (SSSR count). The normalized spacial score (nSPS) is 53.5. The molecule has 9 atom stereocenters. The summed E-state index contributed by atoms with van der Waals surface area (Å²) in [6.45, 7) is 6.85. The topological polar surface area (TPSA) is 37.3 Å². The van der Waals surface area contributed by atoms with Crippen molar-refractivity contribution in [1.29, 1.82) is 0 Å². The van der Waals surface area contributed by atoms with Gasteiger partial charge in [-0.05, 0) is 99.2 Å². The predicted molar refractivity (Wildman–Crippen MR) is 109 cm³/mol. The van der Waals surface area contributed by atoms with Crippen LogP contribution in [0.5, 0.6) is 0 Å². The van der Waals surface area contributed by atoms with Gasteiger partial charge in [-0.3, -0.25) is 4.79 Å². The third kappa shape index (κ3) is 2.95. The quantitative estimate of drug-likeness (QED) is 0.597. The van der Waals surface area contributed by atoms with Crippen molar-refractivity contribution in [2.45, 2.75) is 84.2 Å². The van der Waals surface area contributed by atoms with Crippen LogP contribution in [-0.4, -0.2) is 21.8 Å². The number of ketones is 1. The van der Waals surface area contributed by atoms with E-state index in [1.807, 2.05) is 0 Å². The fraction of sp³-hybridized carbons (Fsp3) is 0.957. The Hall–Kier alpha value is 0.110. The van der Waals surface area contributed by atoms with Crippen LogP contribution in [0.25, 0.3) is 0 Å². The first-order chi connectivity index (χ1) is 12.3. The van der Waals surface area contributed by atoms with Crippen LogP contribution < -0.4 is 0 Å². The van der Waals surface area contributed by atoms with Gasteiger partial charge in [-0.15, -0.1) is 0 Å². The molecular formula is C23H37BrO2. The van der Waals surface area contributed by atoms with Crippen molar-refractivity contribution >= 4 is 21.7 Å². The molecule has 26 heavy (non-hydrogen) atoms. The first kappa shape index (κ1) is 19.4. The summed E-state index contributed by atoms with van der Waals surface area (Å²) in [5, 5.41) is 11.3. The van der Waals surface area contributed by atoms with Crippen LogP contribution in [0.15, 0.2) is 0 Å². The highest BCUT2D eigenvalue weighted by Gasteiger charge is 2.59. The average molecular weight is 425 g/mol. The molecule has 148 valence electrons. The Balaban J connectivity index is 1.59. The molecule has 0 aromatic carbocycles. The number of aliphatic hydroxyl groups is 1. The maximum Gasteiger partial charge on any atom is 0.147 e. The van der Waals surface area contributed by atoms with E-state index in [0.29, 0.717) is 22.9 Å². The molecule has 4 aliphatic carbocycles. The van der Waals surface area contributed by atoms with Crippen LogP contribution in [0.1, 0.15) is 78.6 Å². The van der Waals surface area contributed by atoms with Gasteiger partial charge in [0.1, 0.15) is 5.78 Å². The minimum Gasteiger partial charge on any atom is -0.390 e. The van der Waals surface area contributed by atoms with Crippen LogP contribution in [0.4, 0.5) is 0 Å². The molecule has 0 aliphatic heterocycles. The van der Waals surface area contributed by atoms with Gasteiger partial charge < -0.3 is 5.11 Å². The van der Waals surface area contributed by atoms with Crippen LogP contribution in [-0.2, 0) is 4.79 Å². The summed E-state index contributed by atoms with van der Waals surface area (Å²) in [4.78, 5) is 12.6. The Morgan fingerprint density at radius 3 is 2.54 bits per heavy atom. The molecule has 0 spiro atoms. The SMILES string of the molecule is CC[C@@H]1C[C@@](C)(O)C[C@H]2CC[C@@H]3[C@H](CC[C@]4(C)[C@@H](C(=O)CBr)CC[C@@H]34)C12. The zero-order valence-electron chi connectivity index (χ0n) is 16.8. The minimum atomic E-state index is -0.446. The van der Waals surface area contributed by atoms with E-state index in [-0.39, 0.29) is 5.41 Å². The summed E-state index contributed by atoms with van der Waals surface area (Å²) in [6, 6.07) is 0. The molecule has 4 aliphatic rings. The van der Waals surface area contributed by atoms with E-state index in [2.05, 4.69) is 36.7 Å². The predicted octanol–water partition coefficient (Wildman–Crippen LogP) is 5.61. The Labute approximate surface area is 168 Å². The van der Waals surface area contributed by atoms with Crippen LogP contribution >= 0.6 is 15.9 Å². The number of carbonyl (C=O) groups is 1. The van der Waals surface area contributed by atoms with E-state index >= 15 is 0 Å². The van der Waals surface area contributed by atoms with Crippen LogP contribution in [0, 0.1) is 46.8 Å². The van der Waals surface area contributed by atoms with Crippen LogP contribution in [0.2, 0.25) is 0 Å². The van der Waals surface area contributed by atoms with Crippen molar-refractivity contribution in [3.05, 3.63) is 0 Å². The van der Waals surface area contributed by atoms with E-state index in [0.717, 1.165) is 48.9 Å². The minimum absolute atomic E-state index is 0.251. The Morgan fingerprint density at radius 2 is 1.85 bits per heavy atom. The van der Waals surface area contributed by atoms with Crippen LogP contribution in [0.3, 0.4) is 0 Å². The van der Waals surface area contributed by atoms with Gasteiger partial charge in [0.05, 0.1) is 10.9 Å². The molecule has 4 saturated carbocycles. The fourth-order valence-electron chi connectivity index (χ4n) is 8.52. The lowest BCUT2D eigenvalue weighted by Crippen LogP contribution is -2.53. The molecule has 1 unspecified atom stereocenters. The monoisotopic (exact) mass is 424 g/mol. The highest BCUT2D eigenvalue weighted by Crippen LogP contribution is 2.65. The average Bonchev–Trinajstić information content (AvgIpc) is 2.96. The van der Waals surface area contributed by atoms with E-state index < -0.39 is 5.60 Å². The second kappa shape index (κ2) is 6.87. The summed E-state index contributed by atoms with van der Waals surface area (Å²) in [6.07, 6.45) is 10.8. The molecule has 1 N–H and O–H groups in total. The molecule has 0 aromatic heterocycles. The van der Waals surface area contributed by atoms with Gasteiger partial charge in [0.25, 0.3) is 0 Å². The second-order valence-electron chi connectivity index (χ2n) is 10.7. The molecule has 0 saturated heterocycles. The molecule has 4 fully saturated rings. The van der Waals surface area contributed by atoms with Crippen molar-refractivity contribution in [3.63, 3.8) is 0 Å². The highest BCUT2D eigenvalue weighted by molar-refractivity contribution is 9.09. The molecule has 2 nitrogen and oxygen atoms in total. The van der Waals surface area contributed by atoms with Crippen molar-refractivity contribution < 1.29 is 9.90 Å². The van der Waals surface area contributed by atoms with Crippen molar-refractivity contribution in [3.8, 4) is 0 Å². The largest absolute Gasteiger partial charge is 0.390 e. The second-order valence-corrected chi connectivity index (χ2v) is 11.3. The van der Waals surface area contributed by atoms with Gasteiger partial charge in [0, 0.05) is 5.92 Å². The fourth-order valence-corrected chi connectivity index (χ4v) is 8.91. The number of alkyl halides is 1. The summed E-state index contributed by atoms with van der Waals surface area (Å²) in [5.74, 6) is 5.44. The van der Waals surface area contributed by atoms with Gasteiger partial charge >= 0.3 is 0 Å². The van der Waals surface area contributed by atoms with E-state index in [9.17, 15) is 9.90 Å². The third-order valence-electron chi connectivity index (χ3n) is 9.40. The van der Waals surface area contributed by atoms with Gasteiger partial charge in [0.15, 0.2) is 0 Å². The summed E-state index contributed by atoms with van der Waals surface area (Å²) in [7, 11) is 0. The zero-order chi connectivity index (χ0) is 18.7. The Bertz CT molecular complexity index is 548. The number of hydrogen-bond acceptors (Lipinski definition) is 2. The number of hydrogen-bond donors (Lipinski definition) is 1. The summed E-state index contributed by atoms with van der Waals surface area (Å²) >= 11 is 3.43. The highest BCUT2D eigenvalue weighted by atomic mass is 79.9. The van der Waals surface area contributed by atoms with E-state index in [4.69, 9.17) is 0 Å². The summed E-state index contributed by atoms with van der Waals surface area (Å²) < 4.78 is 0. The smallest absolute Gasteiger partial charge is 0.147 e. The van der Waals surface area contributed by atoms with Gasteiger partial charge in [-0.25, -0.2) is 0 Å². The van der Waals surface area contributed by atoms with E-state index in [1.54, 1.807) is 0 Å². The van der Waals surface area contributed by atoms with Gasteiger partial charge in [-0.2, -0.15) is 0 Å². The van der Waals surface area contributed by atoms with E-state index in [1.165, 1.54) is 38.5 Å². The number of fused-ring (bicyclic) bond motifs is 5. The molecule has 0 aromatic rings. The van der Waals surface area contributed by atoms with Gasteiger partial charge in [-0.1, -0.05) is 36.2 Å². The lowest BCUT2D eigenvalue weighted by Gasteiger charge is -2.59. The Morgan fingerprint density at radius 1 is 1.08 bits per heavy atom. The van der Waals surface area contributed by atoms with Gasteiger partial charge in [0.2, 0.25) is 0 Å². The van der Waals surface area contributed by atoms with Crippen molar-refractivity contribution in [2.75, 3.05) is 5.33 Å².